The number of anilines is 1. The minimum atomic E-state index is -1.33. The molecule has 3 heterocycles. The van der Waals surface area contributed by atoms with Crippen molar-refractivity contribution < 1.29 is 33.8 Å². The van der Waals surface area contributed by atoms with E-state index in [1.54, 1.807) is 38.1 Å². The summed E-state index contributed by atoms with van der Waals surface area (Å²) < 4.78 is 12.8. The van der Waals surface area contributed by atoms with Gasteiger partial charge in [0.15, 0.2) is 0 Å². The molecule has 2 bridgehead atoms. The normalized spacial score (nSPS) is 25.9. The Balaban J connectivity index is 1.50. The van der Waals surface area contributed by atoms with Gasteiger partial charge in [-0.3, -0.25) is 19.2 Å². The van der Waals surface area contributed by atoms with Crippen LogP contribution in [0.2, 0.25) is 5.02 Å². The molecule has 3 saturated heterocycles. The van der Waals surface area contributed by atoms with Crippen molar-refractivity contribution in [3.8, 4) is 0 Å². The van der Waals surface area contributed by atoms with Crippen LogP contribution in [-0.4, -0.2) is 76.7 Å². The van der Waals surface area contributed by atoms with Gasteiger partial charge in [0, 0.05) is 13.0 Å². The van der Waals surface area contributed by atoms with Crippen molar-refractivity contribution in [3.63, 3.8) is 0 Å². The van der Waals surface area contributed by atoms with Gasteiger partial charge in [0.1, 0.15) is 17.7 Å². The first kappa shape index (κ1) is 35.3. The second-order valence-corrected chi connectivity index (χ2v) is 13.3. The average molecular weight is 678 g/mol. The molecule has 10 nitrogen and oxygen atoms in total. The molecular weight excluding hydrogens is 634 g/mol. The molecule has 2 aromatic rings. The van der Waals surface area contributed by atoms with Crippen molar-refractivity contribution in [2.24, 2.45) is 11.8 Å². The largest absolute Gasteiger partial charge is 0.455 e. The first-order chi connectivity index (χ1) is 23.0. The molecule has 3 fully saturated rings. The number of nitrogens with one attached hydrogen (secondary N) is 1. The highest BCUT2D eigenvalue weighted by atomic mass is 35.5. The fourth-order valence-electron chi connectivity index (χ4n) is 7.67. The number of aryl methyl sites for hydroxylation is 1. The summed E-state index contributed by atoms with van der Waals surface area (Å²) in [6.07, 6.45) is 3.28. The molecular formula is C37H44ClN3O7. The van der Waals surface area contributed by atoms with Crippen molar-refractivity contribution in [1.29, 1.82) is 0 Å². The summed E-state index contributed by atoms with van der Waals surface area (Å²) in [7, 11) is 0. The number of carbonyl (C=O) groups excluding carboxylic acids is 4. The molecule has 0 radical (unpaired) electrons. The second-order valence-electron chi connectivity index (χ2n) is 12.9. The maximum absolute atomic E-state index is 14.7. The van der Waals surface area contributed by atoms with E-state index in [9.17, 15) is 24.3 Å². The molecule has 2 N–H and O–H groups in total. The molecule has 0 saturated carbocycles. The highest BCUT2D eigenvalue weighted by Crippen LogP contribution is 2.59. The van der Waals surface area contributed by atoms with Gasteiger partial charge in [0.25, 0.3) is 5.91 Å². The van der Waals surface area contributed by atoms with Gasteiger partial charge in [-0.05, 0) is 57.2 Å². The van der Waals surface area contributed by atoms with Gasteiger partial charge >= 0.3 is 5.97 Å². The first-order valence-corrected chi connectivity index (χ1v) is 16.8. The molecule has 3 aliphatic heterocycles. The number of ether oxygens (including phenoxy) is 2. The van der Waals surface area contributed by atoms with Crippen molar-refractivity contribution in [2.75, 3.05) is 18.1 Å². The molecule has 2 aromatic carbocycles. The van der Waals surface area contributed by atoms with E-state index in [0.29, 0.717) is 35.5 Å². The number of benzene rings is 2. The predicted molar refractivity (Wildman–Crippen MR) is 182 cm³/mol. The SMILES string of the molecule is C=CCCC(=O)N[C@@H](C)[C@H](OC(=O)[C@@H]1[C@H]2C(=O)N([C@H](C)CO)[C@H](C(=O)N(CC=C)c3c(C)cccc3Cl)[C@]23CC[C@H]1O3)c1ccccc1. The maximum atomic E-state index is 14.7. The molecule has 0 aliphatic carbocycles. The van der Waals surface area contributed by atoms with Crippen LogP contribution in [0.1, 0.15) is 56.8 Å². The number of esters is 1. The lowest BCUT2D eigenvalue weighted by molar-refractivity contribution is -0.162. The lowest BCUT2D eigenvalue weighted by Gasteiger charge is -2.39. The molecule has 5 rings (SSSR count). The Labute approximate surface area is 286 Å². The third-order valence-electron chi connectivity index (χ3n) is 9.81. The Kier molecular flexibility index (Phi) is 10.8. The topological polar surface area (TPSA) is 125 Å². The monoisotopic (exact) mass is 677 g/mol. The molecule has 0 unspecified atom stereocenters. The van der Waals surface area contributed by atoms with E-state index in [2.05, 4.69) is 18.5 Å². The molecule has 48 heavy (non-hydrogen) atoms. The zero-order chi connectivity index (χ0) is 34.7. The number of hydrogen-bond acceptors (Lipinski definition) is 7. The summed E-state index contributed by atoms with van der Waals surface area (Å²) in [5.41, 5.74) is 0.602. The van der Waals surface area contributed by atoms with Gasteiger partial charge in [0.05, 0.1) is 47.3 Å². The Hall–Kier alpha value is -3.99. The van der Waals surface area contributed by atoms with Crippen LogP contribution in [0.25, 0.3) is 0 Å². The fraction of sp³-hybridized carbons (Fsp3) is 0.459. The number of carbonyl (C=O) groups is 4. The van der Waals surface area contributed by atoms with Crippen LogP contribution in [-0.2, 0) is 28.7 Å². The Morgan fingerprint density at radius 2 is 1.90 bits per heavy atom. The highest BCUT2D eigenvalue weighted by Gasteiger charge is 2.75. The van der Waals surface area contributed by atoms with Crippen LogP contribution in [0.3, 0.4) is 0 Å². The van der Waals surface area contributed by atoms with E-state index in [0.717, 1.165) is 5.56 Å². The van der Waals surface area contributed by atoms with Crippen molar-refractivity contribution in [2.45, 2.75) is 82.4 Å². The molecule has 1 spiro atoms. The average Bonchev–Trinajstić information content (AvgIpc) is 3.72. The van der Waals surface area contributed by atoms with E-state index in [-0.39, 0.29) is 18.9 Å². The van der Waals surface area contributed by atoms with Crippen LogP contribution >= 0.6 is 11.6 Å². The Bertz CT molecular complexity index is 1550. The quantitative estimate of drug-likeness (QED) is 0.220. The molecule has 11 heteroatoms. The van der Waals surface area contributed by atoms with E-state index in [1.807, 2.05) is 43.3 Å². The molecule has 3 aliphatic rings. The Morgan fingerprint density at radius 3 is 2.54 bits per heavy atom. The highest BCUT2D eigenvalue weighted by molar-refractivity contribution is 6.34. The third-order valence-corrected chi connectivity index (χ3v) is 10.1. The summed E-state index contributed by atoms with van der Waals surface area (Å²) in [6.45, 7) is 12.5. The molecule has 3 amide bonds. The minimum Gasteiger partial charge on any atom is -0.455 e. The van der Waals surface area contributed by atoms with Gasteiger partial charge in [0.2, 0.25) is 11.8 Å². The van der Waals surface area contributed by atoms with Crippen molar-refractivity contribution in [1.82, 2.24) is 10.2 Å². The zero-order valence-corrected chi connectivity index (χ0v) is 28.4. The van der Waals surface area contributed by atoms with Crippen LogP contribution in [0, 0.1) is 18.8 Å². The van der Waals surface area contributed by atoms with Gasteiger partial charge < -0.3 is 29.7 Å². The minimum absolute atomic E-state index is 0.111. The lowest BCUT2D eigenvalue weighted by Crippen LogP contribution is -2.58. The number of aliphatic hydroxyl groups excluding tert-OH is 1. The smallest absolute Gasteiger partial charge is 0.313 e. The van der Waals surface area contributed by atoms with E-state index < -0.39 is 72.2 Å². The summed E-state index contributed by atoms with van der Waals surface area (Å²) in [6, 6.07) is 12.0. The summed E-state index contributed by atoms with van der Waals surface area (Å²) >= 11 is 6.63. The molecule has 8 atom stereocenters. The number of nitrogens with zero attached hydrogens (tertiary/aromatic N) is 2. The van der Waals surface area contributed by atoms with Crippen LogP contribution in [0.4, 0.5) is 5.69 Å². The number of hydrogen-bond donors (Lipinski definition) is 2. The van der Waals surface area contributed by atoms with Crippen molar-refractivity contribution in [3.05, 3.63) is 90.0 Å². The van der Waals surface area contributed by atoms with Gasteiger partial charge in [-0.2, -0.15) is 0 Å². The standard InChI is InChI=1S/C37H44ClN3O7/c1-6-8-17-28(43)39-24(5)32(25-14-10-9-11-15-25)47-36(46)29-27-18-19-37(48-27)30(29)34(44)41(23(4)21-42)33(37)35(45)40(20-7-2)31-22(3)13-12-16-26(31)38/h6-7,9-16,23-24,27,29-30,32-33,42H,1-2,8,17-21H2,3-5H3,(H,39,43)/t23-,24+,27-,29+,30+,32+,33-,37+/m1/s1. The molecule has 0 aromatic heterocycles. The number of aliphatic hydroxyl groups is 1. The third kappa shape index (κ3) is 6.29. The number of para-hydroxylation sites is 1. The van der Waals surface area contributed by atoms with Crippen molar-refractivity contribution >= 4 is 41.0 Å². The maximum Gasteiger partial charge on any atom is 0.313 e. The summed E-state index contributed by atoms with van der Waals surface area (Å²) in [5.74, 6) is -3.75. The van der Waals surface area contributed by atoms with E-state index in [4.69, 9.17) is 21.1 Å². The number of fused-ring (bicyclic) bond motifs is 1. The number of halogens is 1. The predicted octanol–water partition coefficient (Wildman–Crippen LogP) is 4.68. The summed E-state index contributed by atoms with van der Waals surface area (Å²) in [5, 5.41) is 13.6. The van der Waals surface area contributed by atoms with Gasteiger partial charge in [-0.15, -0.1) is 13.2 Å². The zero-order valence-electron chi connectivity index (χ0n) is 27.6. The van der Waals surface area contributed by atoms with Crippen LogP contribution < -0.4 is 10.2 Å². The number of rotatable bonds is 14. The number of likely N-dealkylation sites (tertiary alicyclic amines) is 1. The molecule has 256 valence electrons. The van der Waals surface area contributed by atoms with E-state index in [1.165, 1.54) is 9.80 Å². The first-order valence-electron chi connectivity index (χ1n) is 16.4. The number of amides is 3. The lowest BCUT2D eigenvalue weighted by atomic mass is 9.70. The fourth-order valence-corrected chi connectivity index (χ4v) is 8.00. The van der Waals surface area contributed by atoms with Crippen LogP contribution in [0.5, 0.6) is 0 Å². The Morgan fingerprint density at radius 1 is 1.17 bits per heavy atom. The second kappa shape index (κ2) is 14.6. The van der Waals surface area contributed by atoms with Gasteiger partial charge in [-0.1, -0.05) is 66.2 Å². The summed E-state index contributed by atoms with van der Waals surface area (Å²) in [4.78, 5) is 58.9. The van der Waals surface area contributed by atoms with Crippen LogP contribution in [0.15, 0.2) is 73.8 Å². The van der Waals surface area contributed by atoms with Gasteiger partial charge in [-0.25, -0.2) is 0 Å². The van der Waals surface area contributed by atoms with E-state index >= 15 is 0 Å². The number of allylic oxidation sites excluding steroid dienone is 1.